The van der Waals surface area contributed by atoms with Crippen molar-refractivity contribution < 1.29 is 33.0 Å². The highest BCUT2D eigenvalue weighted by Crippen LogP contribution is 2.67. The number of unbranched alkanes of at least 4 members (excludes halogenated alkanes) is 2. The quantitative estimate of drug-likeness (QED) is 0.165. The van der Waals surface area contributed by atoms with Gasteiger partial charge in [0.2, 0.25) is 5.91 Å². The van der Waals surface area contributed by atoms with Crippen LogP contribution in [0, 0.1) is 5.41 Å². The zero-order chi connectivity index (χ0) is 30.9. The van der Waals surface area contributed by atoms with Crippen LogP contribution in [-0.4, -0.2) is 64.9 Å². The lowest BCUT2D eigenvalue weighted by Crippen LogP contribution is -2.53. The van der Waals surface area contributed by atoms with Crippen LogP contribution >= 0.6 is 0 Å². The highest BCUT2D eigenvalue weighted by atomic mass is 16.7. The van der Waals surface area contributed by atoms with Gasteiger partial charge in [-0.1, -0.05) is 12.2 Å². The van der Waals surface area contributed by atoms with E-state index < -0.39 is 40.9 Å². The standard InChI is InChI=1S/C33H48N2O7/c1-9-11-13-14-17-34-18-16-25-24-19-23(15-12-10-2)40-26(24)27-33(25,28(34)36)20-22(21-39-30(38)42-32(6,7)8)35(27)29(37)41-31(3,4)5/h9-10,19,22,25,27H,1-2,11-18,20-21H2,3-8H3. The molecule has 4 atom stereocenters. The fraction of sp³-hybridized carbons (Fsp3) is 0.667. The van der Waals surface area contributed by atoms with E-state index in [4.69, 9.17) is 18.6 Å². The van der Waals surface area contributed by atoms with E-state index in [-0.39, 0.29) is 18.4 Å². The van der Waals surface area contributed by atoms with Gasteiger partial charge in [-0.3, -0.25) is 9.69 Å². The second-order valence-electron chi connectivity index (χ2n) is 13.7. The van der Waals surface area contributed by atoms with Crippen molar-refractivity contribution in [1.29, 1.82) is 0 Å². The van der Waals surface area contributed by atoms with Crippen molar-refractivity contribution in [2.24, 2.45) is 5.41 Å². The Morgan fingerprint density at radius 1 is 1.07 bits per heavy atom. The Hall–Kier alpha value is -3.23. The van der Waals surface area contributed by atoms with Gasteiger partial charge in [-0.25, -0.2) is 9.59 Å². The molecule has 42 heavy (non-hydrogen) atoms. The van der Waals surface area contributed by atoms with E-state index in [0.717, 1.165) is 43.4 Å². The molecule has 2 fully saturated rings. The van der Waals surface area contributed by atoms with Crippen molar-refractivity contribution in [3.05, 3.63) is 48.5 Å². The van der Waals surface area contributed by atoms with Crippen LogP contribution in [0.3, 0.4) is 0 Å². The molecule has 0 bridgehead atoms. The number of rotatable bonds is 10. The second-order valence-corrected chi connectivity index (χ2v) is 13.7. The van der Waals surface area contributed by atoms with E-state index in [1.165, 1.54) is 0 Å². The van der Waals surface area contributed by atoms with Gasteiger partial charge < -0.3 is 23.5 Å². The molecule has 3 aliphatic rings. The number of hydrogen-bond acceptors (Lipinski definition) is 7. The maximum absolute atomic E-state index is 14.6. The maximum atomic E-state index is 14.6. The van der Waals surface area contributed by atoms with Crippen LogP contribution < -0.4 is 0 Å². The number of fused-ring (bicyclic) bond motifs is 3. The number of allylic oxidation sites excluding steroid dienone is 2. The minimum absolute atomic E-state index is 0.0229. The summed E-state index contributed by atoms with van der Waals surface area (Å²) >= 11 is 0. The first-order valence-electron chi connectivity index (χ1n) is 15.2. The summed E-state index contributed by atoms with van der Waals surface area (Å²) in [6, 6.07) is 0.802. The fourth-order valence-corrected chi connectivity index (χ4v) is 6.76. The summed E-state index contributed by atoms with van der Waals surface area (Å²) in [5.74, 6) is 1.36. The Bertz CT molecular complexity index is 1190. The number of piperidine rings is 1. The van der Waals surface area contributed by atoms with Gasteiger partial charge in [0.05, 0.1) is 11.5 Å². The predicted molar refractivity (Wildman–Crippen MR) is 159 cm³/mol. The molecule has 2 amide bonds. The Labute approximate surface area is 250 Å². The molecule has 2 saturated heterocycles. The molecule has 4 rings (SSSR count). The van der Waals surface area contributed by atoms with E-state index in [0.29, 0.717) is 31.7 Å². The van der Waals surface area contributed by atoms with Crippen LogP contribution in [0.1, 0.15) is 109 Å². The number of hydrogen-bond donors (Lipinski definition) is 0. The normalized spacial score (nSPS) is 25.0. The zero-order valence-corrected chi connectivity index (χ0v) is 26.2. The molecule has 1 aromatic rings. The zero-order valence-electron chi connectivity index (χ0n) is 26.2. The highest BCUT2D eigenvalue weighted by molar-refractivity contribution is 5.89. The Balaban J connectivity index is 1.74. The fourth-order valence-electron chi connectivity index (χ4n) is 6.76. The van der Waals surface area contributed by atoms with Crippen molar-refractivity contribution in [3.63, 3.8) is 0 Å². The third kappa shape index (κ3) is 6.40. The second kappa shape index (κ2) is 12.2. The predicted octanol–water partition coefficient (Wildman–Crippen LogP) is 7.07. The van der Waals surface area contributed by atoms with Gasteiger partial charge in [-0.2, -0.15) is 0 Å². The van der Waals surface area contributed by atoms with Gasteiger partial charge in [-0.15, -0.1) is 13.2 Å². The Morgan fingerprint density at radius 2 is 1.76 bits per heavy atom. The lowest BCUT2D eigenvalue weighted by atomic mass is 9.67. The van der Waals surface area contributed by atoms with Crippen LogP contribution in [0.2, 0.25) is 0 Å². The summed E-state index contributed by atoms with van der Waals surface area (Å²) in [6.07, 6.45) is 7.63. The molecule has 9 nitrogen and oxygen atoms in total. The van der Waals surface area contributed by atoms with Crippen molar-refractivity contribution >= 4 is 18.2 Å². The molecular weight excluding hydrogens is 536 g/mol. The van der Waals surface area contributed by atoms with Crippen molar-refractivity contribution in [2.45, 2.75) is 116 Å². The number of ether oxygens (including phenoxy) is 3. The van der Waals surface area contributed by atoms with Crippen LogP contribution in [0.15, 0.2) is 35.8 Å². The van der Waals surface area contributed by atoms with Crippen molar-refractivity contribution in [1.82, 2.24) is 9.80 Å². The topological polar surface area (TPSA) is 98.5 Å². The summed E-state index contributed by atoms with van der Waals surface area (Å²) in [5, 5.41) is 0. The Morgan fingerprint density at radius 3 is 2.40 bits per heavy atom. The Kier molecular flexibility index (Phi) is 9.19. The third-order valence-electron chi connectivity index (χ3n) is 8.26. The molecule has 3 heterocycles. The molecule has 0 N–H and O–H groups in total. The first-order chi connectivity index (χ1) is 19.7. The van der Waals surface area contributed by atoms with E-state index in [2.05, 4.69) is 19.2 Å². The van der Waals surface area contributed by atoms with Gasteiger partial charge in [0, 0.05) is 31.0 Å². The number of nitrogens with zero attached hydrogens (tertiary/aromatic N) is 2. The van der Waals surface area contributed by atoms with Gasteiger partial charge in [0.15, 0.2) is 0 Å². The van der Waals surface area contributed by atoms with Crippen LogP contribution in [-0.2, 0) is 25.4 Å². The lowest BCUT2D eigenvalue weighted by Gasteiger charge is -2.44. The van der Waals surface area contributed by atoms with Crippen LogP contribution in [0.5, 0.6) is 0 Å². The third-order valence-corrected chi connectivity index (χ3v) is 8.26. The molecular formula is C33H48N2O7. The first-order valence-corrected chi connectivity index (χ1v) is 15.2. The average molecular weight is 585 g/mol. The van der Waals surface area contributed by atoms with Crippen LogP contribution in [0.25, 0.3) is 0 Å². The molecule has 0 aromatic carbocycles. The first kappa shape index (κ1) is 31.7. The molecule has 232 valence electrons. The summed E-state index contributed by atoms with van der Waals surface area (Å²) in [7, 11) is 0. The number of likely N-dealkylation sites (tertiary alicyclic amines) is 2. The van der Waals surface area contributed by atoms with Crippen molar-refractivity contribution in [2.75, 3.05) is 19.7 Å². The van der Waals surface area contributed by atoms with Gasteiger partial charge >= 0.3 is 12.2 Å². The number of carbonyl (C=O) groups excluding carboxylic acids is 3. The molecule has 9 heteroatoms. The molecule has 1 aromatic heterocycles. The monoisotopic (exact) mass is 584 g/mol. The molecule has 4 unspecified atom stereocenters. The van der Waals surface area contributed by atoms with E-state index >= 15 is 0 Å². The van der Waals surface area contributed by atoms with Gasteiger partial charge in [0.25, 0.3) is 0 Å². The van der Waals surface area contributed by atoms with E-state index in [1.807, 2.05) is 37.8 Å². The lowest BCUT2D eigenvalue weighted by molar-refractivity contribution is -0.149. The highest BCUT2D eigenvalue weighted by Gasteiger charge is 2.70. The number of furan rings is 1. The number of aryl methyl sites for hydroxylation is 1. The molecule has 2 aliphatic heterocycles. The van der Waals surface area contributed by atoms with Crippen LogP contribution in [0.4, 0.5) is 9.59 Å². The summed E-state index contributed by atoms with van der Waals surface area (Å²) in [5.41, 5.74) is -1.43. The summed E-state index contributed by atoms with van der Waals surface area (Å²) in [4.78, 5) is 44.6. The van der Waals surface area contributed by atoms with Crippen molar-refractivity contribution in [3.8, 4) is 0 Å². The smallest absolute Gasteiger partial charge is 0.464 e. The SMILES string of the molecule is C=CCCCCN1CCC2c3cc(CCC=C)oc3C3N(C(=O)OC(C)(C)C)C(COC(=O)OC(C)(C)C)CC23C1=O. The molecule has 1 spiro atoms. The van der Waals surface area contributed by atoms with Gasteiger partial charge in [-0.05, 0) is 86.1 Å². The van der Waals surface area contributed by atoms with E-state index in [1.54, 1.807) is 25.7 Å². The maximum Gasteiger partial charge on any atom is 0.508 e. The molecule has 0 radical (unpaired) electrons. The summed E-state index contributed by atoms with van der Waals surface area (Å²) in [6.45, 7) is 19.5. The molecule has 0 saturated carbocycles. The minimum atomic E-state index is -0.930. The summed E-state index contributed by atoms with van der Waals surface area (Å²) < 4.78 is 23.3. The largest absolute Gasteiger partial charge is 0.508 e. The number of amides is 2. The minimum Gasteiger partial charge on any atom is -0.464 e. The number of carbonyl (C=O) groups is 3. The molecule has 1 aliphatic carbocycles. The average Bonchev–Trinajstić information content (AvgIpc) is 3.50. The van der Waals surface area contributed by atoms with Gasteiger partial charge in [0.1, 0.15) is 35.4 Å². The van der Waals surface area contributed by atoms with E-state index in [9.17, 15) is 14.4 Å².